The lowest BCUT2D eigenvalue weighted by Gasteiger charge is -2.22. The molecule has 0 bridgehead atoms. The first-order chi connectivity index (χ1) is 19.9. The monoisotopic (exact) mass is 587 g/mol. The summed E-state index contributed by atoms with van der Waals surface area (Å²) in [7, 11) is 1.83. The van der Waals surface area contributed by atoms with Gasteiger partial charge in [0.2, 0.25) is 0 Å². The van der Waals surface area contributed by atoms with Crippen LogP contribution >= 0.6 is 0 Å². The van der Waals surface area contributed by atoms with E-state index in [0.29, 0.717) is 0 Å². The number of allylic oxidation sites excluding steroid dienone is 4. The highest BCUT2D eigenvalue weighted by Crippen LogP contribution is 2.46. The molecule has 1 aliphatic rings. The summed E-state index contributed by atoms with van der Waals surface area (Å²) in [6, 6.07) is 0. The van der Waals surface area contributed by atoms with Crippen LogP contribution in [0.4, 0.5) is 0 Å². The molecule has 0 aromatic rings. The Labute approximate surface area is 266 Å². The van der Waals surface area contributed by atoms with Crippen molar-refractivity contribution < 1.29 is 4.74 Å². The molecule has 0 radical (unpaired) electrons. The van der Waals surface area contributed by atoms with E-state index in [1.807, 2.05) is 7.11 Å². The van der Waals surface area contributed by atoms with Crippen molar-refractivity contribution in [2.45, 2.75) is 196 Å². The number of rotatable bonds is 27. The molecule has 1 heteroatoms. The summed E-state index contributed by atoms with van der Waals surface area (Å²) >= 11 is 0. The second-order valence-corrected chi connectivity index (χ2v) is 16.2. The maximum Gasteiger partial charge on any atom is 0.0622 e. The van der Waals surface area contributed by atoms with E-state index in [1.54, 1.807) is 5.57 Å². The Morgan fingerprint density at radius 2 is 1.14 bits per heavy atom. The fourth-order valence-electron chi connectivity index (χ4n) is 6.89. The molecule has 0 amide bonds. The molecular weight excluding hydrogens is 508 g/mol. The number of ether oxygens (including phenoxy) is 1. The highest BCUT2D eigenvalue weighted by atomic mass is 16.5. The summed E-state index contributed by atoms with van der Waals surface area (Å²) in [6.07, 6.45) is 32.8. The van der Waals surface area contributed by atoms with Gasteiger partial charge in [-0.25, -0.2) is 0 Å². The average molecular weight is 587 g/mol. The van der Waals surface area contributed by atoms with Gasteiger partial charge in [-0.15, -0.1) is 0 Å². The molecule has 1 nitrogen and oxygen atoms in total. The fourth-order valence-corrected chi connectivity index (χ4v) is 6.89. The second kappa shape index (κ2) is 22.9. The Balaban J connectivity index is 1.96. The van der Waals surface area contributed by atoms with Gasteiger partial charge in [-0.05, 0) is 128 Å². The van der Waals surface area contributed by atoms with Crippen LogP contribution in [0.1, 0.15) is 191 Å². The maximum atomic E-state index is 5.55. The molecule has 1 saturated carbocycles. The predicted molar refractivity (Wildman–Crippen MR) is 190 cm³/mol. The molecule has 1 rings (SSSR count). The van der Waals surface area contributed by atoms with Crippen molar-refractivity contribution in [3.8, 4) is 0 Å². The first-order valence-electron chi connectivity index (χ1n) is 18.8. The molecule has 0 aromatic heterocycles. The zero-order chi connectivity index (χ0) is 31.4. The van der Waals surface area contributed by atoms with Crippen LogP contribution in [-0.2, 0) is 4.74 Å². The molecule has 0 heterocycles. The summed E-state index contributed by atoms with van der Waals surface area (Å²) in [6.45, 7) is 21.1. The fraction of sp³-hybridized carbons (Fsp3) is 0.902. The first-order valence-corrected chi connectivity index (χ1v) is 18.8. The molecule has 248 valence electrons. The Kier molecular flexibility index (Phi) is 21.5. The third-order valence-corrected chi connectivity index (χ3v) is 10.7. The second-order valence-electron chi connectivity index (χ2n) is 16.2. The lowest BCUT2D eigenvalue weighted by Crippen LogP contribution is -2.21. The van der Waals surface area contributed by atoms with Crippen molar-refractivity contribution in [1.29, 1.82) is 0 Å². The number of hydrogen-bond acceptors (Lipinski definition) is 1. The third-order valence-electron chi connectivity index (χ3n) is 10.7. The van der Waals surface area contributed by atoms with Crippen molar-refractivity contribution in [1.82, 2.24) is 0 Å². The minimum atomic E-state index is 0.0220. The van der Waals surface area contributed by atoms with Crippen molar-refractivity contribution in [3.63, 3.8) is 0 Å². The molecule has 1 fully saturated rings. The summed E-state index contributed by atoms with van der Waals surface area (Å²) in [5, 5.41) is 0. The van der Waals surface area contributed by atoms with Gasteiger partial charge in [-0.1, -0.05) is 122 Å². The minimum Gasteiger partial charge on any atom is -0.379 e. The smallest absolute Gasteiger partial charge is 0.0622 e. The number of methoxy groups -OCH3 is 1. The molecule has 42 heavy (non-hydrogen) atoms. The zero-order valence-corrected chi connectivity index (χ0v) is 30.7. The number of unbranched alkanes of at least 4 members (excludes halogenated alkanes) is 1. The predicted octanol–water partition coefficient (Wildman–Crippen LogP) is 13.9. The Morgan fingerprint density at radius 3 is 1.74 bits per heavy atom. The van der Waals surface area contributed by atoms with Crippen LogP contribution in [0.15, 0.2) is 23.3 Å². The van der Waals surface area contributed by atoms with Gasteiger partial charge in [-0.2, -0.15) is 0 Å². The molecule has 4 unspecified atom stereocenters. The van der Waals surface area contributed by atoms with Gasteiger partial charge in [0.05, 0.1) is 5.60 Å². The van der Waals surface area contributed by atoms with E-state index in [1.165, 1.54) is 128 Å². The van der Waals surface area contributed by atoms with E-state index in [4.69, 9.17) is 4.74 Å². The Bertz CT molecular complexity index is 710. The normalized spacial score (nSPS) is 20.3. The van der Waals surface area contributed by atoms with Gasteiger partial charge in [0, 0.05) is 7.11 Å². The van der Waals surface area contributed by atoms with E-state index in [9.17, 15) is 0 Å². The van der Waals surface area contributed by atoms with Gasteiger partial charge < -0.3 is 4.74 Å². The zero-order valence-electron chi connectivity index (χ0n) is 30.7. The van der Waals surface area contributed by atoms with Crippen LogP contribution in [0.2, 0.25) is 0 Å². The molecule has 6 atom stereocenters. The lowest BCUT2D eigenvalue weighted by molar-refractivity contribution is 0.0140. The van der Waals surface area contributed by atoms with Crippen LogP contribution in [0.5, 0.6) is 0 Å². The average Bonchev–Trinajstić information content (AvgIpc) is 3.67. The van der Waals surface area contributed by atoms with Gasteiger partial charge >= 0.3 is 0 Å². The highest BCUT2D eigenvalue weighted by Gasteiger charge is 2.35. The standard InChI is InChI=1S/C41H78O/c1-33(2)18-13-21-38(7)29-30-40-32-39(40)28-16-26-35(4)20-12-11-19-34(3)22-14-23-36(5)24-15-25-37(6)27-17-31-41(8,9)42-10/h18,25,34-36,38-40H,11-17,19-24,26-32H2,1-10H3/b37-25+/t34?,35?,36?,38?,39-,40-/m1/s1. The van der Waals surface area contributed by atoms with E-state index < -0.39 is 0 Å². The van der Waals surface area contributed by atoms with Crippen LogP contribution in [-0.4, -0.2) is 12.7 Å². The van der Waals surface area contributed by atoms with E-state index in [0.717, 1.165) is 41.9 Å². The van der Waals surface area contributed by atoms with Gasteiger partial charge in [-0.3, -0.25) is 0 Å². The largest absolute Gasteiger partial charge is 0.379 e. The van der Waals surface area contributed by atoms with Crippen LogP contribution < -0.4 is 0 Å². The van der Waals surface area contributed by atoms with E-state index in [2.05, 4.69) is 74.5 Å². The first kappa shape index (κ1) is 39.5. The quantitative estimate of drug-likeness (QED) is 0.0687. The summed E-state index contributed by atoms with van der Waals surface area (Å²) in [5.41, 5.74) is 3.06. The Hall–Kier alpha value is -0.560. The summed E-state index contributed by atoms with van der Waals surface area (Å²) in [5.74, 6) is 5.77. The van der Waals surface area contributed by atoms with Gasteiger partial charge in [0.1, 0.15) is 0 Å². The van der Waals surface area contributed by atoms with Crippen molar-refractivity contribution >= 4 is 0 Å². The topological polar surface area (TPSA) is 9.23 Å². The molecular formula is C41H78O. The lowest BCUT2D eigenvalue weighted by atomic mass is 9.91. The summed E-state index contributed by atoms with van der Waals surface area (Å²) in [4.78, 5) is 0. The van der Waals surface area contributed by atoms with Crippen LogP contribution in [0.25, 0.3) is 0 Å². The van der Waals surface area contributed by atoms with Crippen molar-refractivity contribution in [2.24, 2.45) is 35.5 Å². The molecule has 0 aliphatic heterocycles. The molecule has 0 N–H and O–H groups in total. The minimum absolute atomic E-state index is 0.0220. The van der Waals surface area contributed by atoms with Crippen molar-refractivity contribution in [2.75, 3.05) is 7.11 Å². The molecule has 0 aromatic carbocycles. The van der Waals surface area contributed by atoms with Gasteiger partial charge in [0.15, 0.2) is 0 Å². The van der Waals surface area contributed by atoms with Crippen LogP contribution in [0.3, 0.4) is 0 Å². The Morgan fingerprint density at radius 1 is 0.643 bits per heavy atom. The molecule has 0 spiro atoms. The number of hydrogen-bond donors (Lipinski definition) is 0. The third kappa shape index (κ3) is 22.0. The van der Waals surface area contributed by atoms with E-state index in [-0.39, 0.29) is 5.60 Å². The maximum absolute atomic E-state index is 5.55. The van der Waals surface area contributed by atoms with Crippen molar-refractivity contribution in [3.05, 3.63) is 23.3 Å². The summed E-state index contributed by atoms with van der Waals surface area (Å²) < 4.78 is 5.55. The van der Waals surface area contributed by atoms with Crippen LogP contribution in [0, 0.1) is 35.5 Å². The molecule has 1 aliphatic carbocycles. The molecule has 0 saturated heterocycles. The van der Waals surface area contributed by atoms with Gasteiger partial charge in [0.25, 0.3) is 0 Å². The highest BCUT2D eigenvalue weighted by molar-refractivity contribution is 4.98. The van der Waals surface area contributed by atoms with E-state index >= 15 is 0 Å². The SMILES string of the molecule is COC(C)(C)CCC/C(C)=C/CCC(C)CCCC(C)CCCCC(C)CCC[C@@H]1C[C@H]1CCC(C)CCC=C(C)C.